The maximum atomic E-state index is 14.0. The first-order valence-corrected chi connectivity index (χ1v) is 13.8. The molecule has 0 unspecified atom stereocenters. The molecule has 208 valence electrons. The number of hydrogen-bond donors (Lipinski definition) is 0. The number of hydrazine groups is 1. The lowest BCUT2D eigenvalue weighted by Crippen LogP contribution is -2.59. The van der Waals surface area contributed by atoms with Gasteiger partial charge in [0.25, 0.3) is 23.4 Å². The topological polar surface area (TPSA) is 118 Å². The molecular weight excluding hydrogens is 651 g/mol. The summed E-state index contributed by atoms with van der Waals surface area (Å²) in [7, 11) is 0. The molecule has 1 saturated carbocycles. The minimum Gasteiger partial charge on any atom is -0.292 e. The zero-order valence-electron chi connectivity index (χ0n) is 20.0. The predicted molar refractivity (Wildman–Crippen MR) is 149 cm³/mol. The number of imide groups is 1. The first kappa shape index (κ1) is 29.1. The van der Waals surface area contributed by atoms with Gasteiger partial charge in [0.15, 0.2) is 10.1 Å². The summed E-state index contributed by atoms with van der Waals surface area (Å²) in [5.74, 6) is -6.77. The fourth-order valence-electron chi connectivity index (χ4n) is 5.45. The van der Waals surface area contributed by atoms with Crippen LogP contribution in [0.25, 0.3) is 0 Å². The molecular formula is C25H15Cl6N3O6. The van der Waals surface area contributed by atoms with Gasteiger partial charge in [-0.3, -0.25) is 29.3 Å². The Kier molecular flexibility index (Phi) is 6.97. The van der Waals surface area contributed by atoms with Gasteiger partial charge in [0.2, 0.25) is 0 Å². The van der Waals surface area contributed by atoms with Crippen molar-refractivity contribution in [3.63, 3.8) is 0 Å². The predicted octanol–water partition coefficient (Wildman–Crippen LogP) is 5.67. The smallest absolute Gasteiger partial charge is 0.273 e. The van der Waals surface area contributed by atoms with E-state index < -0.39 is 60.4 Å². The Bertz CT molecular complexity index is 1490. The number of rotatable bonds is 6. The van der Waals surface area contributed by atoms with Crippen LogP contribution in [0.4, 0.5) is 5.69 Å². The number of hydrogen-bond acceptors (Lipinski definition) is 6. The largest absolute Gasteiger partial charge is 0.292 e. The van der Waals surface area contributed by atoms with Gasteiger partial charge in [0, 0.05) is 23.3 Å². The lowest BCUT2D eigenvalue weighted by Gasteiger charge is -2.38. The molecule has 3 amide bonds. The Hall–Kier alpha value is -2.40. The molecule has 2 aromatic rings. The summed E-state index contributed by atoms with van der Waals surface area (Å²) < 4.78 is -2.19. The number of fused-ring (bicyclic) bond motifs is 5. The number of alkyl halides is 4. The maximum absolute atomic E-state index is 14.0. The normalized spacial score (nSPS) is 29.0. The van der Waals surface area contributed by atoms with E-state index in [-0.39, 0.29) is 26.9 Å². The van der Waals surface area contributed by atoms with Crippen LogP contribution in [0.3, 0.4) is 0 Å². The van der Waals surface area contributed by atoms with E-state index in [1.54, 1.807) is 18.2 Å². The van der Waals surface area contributed by atoms with Gasteiger partial charge in [-0.15, -0.1) is 23.2 Å². The number of benzene rings is 2. The molecule has 5 atom stereocenters. The number of halogens is 6. The number of non-ortho nitro benzene ring substituents is 1. The molecule has 15 heteroatoms. The van der Waals surface area contributed by atoms with Gasteiger partial charge in [-0.2, -0.15) is 5.01 Å². The van der Waals surface area contributed by atoms with Crippen molar-refractivity contribution < 1.29 is 24.1 Å². The van der Waals surface area contributed by atoms with Crippen molar-refractivity contribution in [1.29, 1.82) is 0 Å². The minimum absolute atomic E-state index is 0.154. The highest BCUT2D eigenvalue weighted by atomic mass is 35.5. The third-order valence-corrected chi connectivity index (χ3v) is 11.7. The van der Waals surface area contributed by atoms with Crippen molar-refractivity contribution in [3.8, 4) is 0 Å². The quantitative estimate of drug-likeness (QED) is 0.129. The molecule has 3 aliphatic rings. The van der Waals surface area contributed by atoms with Gasteiger partial charge >= 0.3 is 0 Å². The number of nitro groups is 1. The third-order valence-electron chi connectivity index (χ3n) is 7.44. The molecule has 1 aliphatic heterocycles. The first-order chi connectivity index (χ1) is 18.6. The van der Waals surface area contributed by atoms with Crippen molar-refractivity contribution in [2.45, 2.75) is 27.0 Å². The number of nitro benzene ring substituents is 1. The first-order valence-electron chi connectivity index (χ1n) is 11.5. The van der Waals surface area contributed by atoms with Gasteiger partial charge in [0.05, 0.1) is 26.8 Å². The number of amides is 3. The maximum Gasteiger partial charge on any atom is 0.273 e. The number of Topliss-reactive ketones (excluding diaryl/α,β-unsaturated/α-hetero) is 1. The fraction of sp³-hybridized carbons (Fsp3) is 0.280. The van der Waals surface area contributed by atoms with E-state index in [4.69, 9.17) is 69.6 Å². The zero-order chi connectivity index (χ0) is 29.5. The molecule has 9 nitrogen and oxygen atoms in total. The van der Waals surface area contributed by atoms with Crippen LogP contribution < -0.4 is 0 Å². The Balaban J connectivity index is 1.63. The van der Waals surface area contributed by atoms with Crippen LogP contribution in [0.5, 0.6) is 0 Å². The highest BCUT2D eigenvalue weighted by Crippen LogP contribution is 2.77. The molecule has 1 saturated heterocycles. The van der Waals surface area contributed by atoms with Crippen LogP contribution in [0, 0.1) is 22.0 Å². The minimum atomic E-state index is -2.19. The average molecular weight is 666 g/mol. The molecule has 2 aliphatic carbocycles. The van der Waals surface area contributed by atoms with Gasteiger partial charge in [-0.1, -0.05) is 76.7 Å². The lowest BCUT2D eigenvalue weighted by molar-refractivity contribution is -0.384. The summed E-state index contributed by atoms with van der Waals surface area (Å²) in [4.78, 5) is 61.5. The molecule has 40 heavy (non-hydrogen) atoms. The number of carbonyl (C=O) groups is 4. The number of ketones is 1. The van der Waals surface area contributed by atoms with Crippen LogP contribution in [0.15, 0.2) is 64.7 Å². The Morgan fingerprint density at radius 3 is 1.80 bits per heavy atom. The van der Waals surface area contributed by atoms with Crippen LogP contribution in [-0.2, 0) is 9.59 Å². The monoisotopic (exact) mass is 663 g/mol. The number of allylic oxidation sites excluding steroid dienone is 2. The van der Waals surface area contributed by atoms with Gasteiger partial charge in [-0.05, 0) is 19.1 Å². The molecule has 0 spiro atoms. The van der Waals surface area contributed by atoms with E-state index >= 15 is 0 Å². The molecule has 5 rings (SSSR count). The van der Waals surface area contributed by atoms with E-state index in [2.05, 4.69) is 0 Å². The van der Waals surface area contributed by atoms with Crippen molar-refractivity contribution >= 4 is 98.8 Å². The summed E-state index contributed by atoms with van der Waals surface area (Å²) in [6.07, 6.45) is 0. The average Bonchev–Trinajstić information content (AvgIpc) is 3.32. The van der Waals surface area contributed by atoms with E-state index in [0.717, 1.165) is 24.3 Å². The number of nitrogens with zero attached hydrogens (tertiary/aromatic N) is 3. The molecule has 0 N–H and O–H groups in total. The van der Waals surface area contributed by atoms with Crippen LogP contribution in [-0.4, -0.2) is 58.6 Å². The Morgan fingerprint density at radius 1 is 0.875 bits per heavy atom. The Morgan fingerprint density at radius 2 is 1.35 bits per heavy atom. The second-order valence-electron chi connectivity index (χ2n) is 9.43. The summed E-state index contributed by atoms with van der Waals surface area (Å²) >= 11 is 39.4. The van der Waals surface area contributed by atoms with Gasteiger partial charge in [0.1, 0.15) is 15.8 Å². The van der Waals surface area contributed by atoms with Crippen molar-refractivity contribution in [2.24, 2.45) is 11.8 Å². The molecule has 0 radical (unpaired) electrons. The van der Waals surface area contributed by atoms with Crippen LogP contribution in [0.2, 0.25) is 0 Å². The second-order valence-corrected chi connectivity index (χ2v) is 12.7. The summed E-state index contributed by atoms with van der Waals surface area (Å²) in [6, 6.07) is 10.8. The van der Waals surface area contributed by atoms with E-state index in [0.29, 0.717) is 10.0 Å². The van der Waals surface area contributed by atoms with E-state index in [1.807, 2.05) is 0 Å². The van der Waals surface area contributed by atoms with Crippen molar-refractivity contribution in [2.75, 3.05) is 0 Å². The molecule has 1 heterocycles. The zero-order valence-corrected chi connectivity index (χ0v) is 24.5. The fourth-order valence-corrected chi connectivity index (χ4v) is 8.37. The van der Waals surface area contributed by atoms with Gasteiger partial charge in [-0.25, -0.2) is 5.01 Å². The standard InChI is InChI=1S/C25H15Cl6N3O6/c1-11(17(35)12-5-3-2-4-6-12)32(20(36)13-7-9-14(10-8-13)34(39)40)33-21(37)15-16(22(33)38)24(29)19(27)18(26)23(15,28)25(24,30)31/h2-11,15-16H,1H3/t11-,15-,16+,23+,24+/m0/s1. The van der Waals surface area contributed by atoms with Crippen molar-refractivity contribution in [3.05, 3.63) is 85.9 Å². The second kappa shape index (κ2) is 9.58. The highest BCUT2D eigenvalue weighted by Gasteiger charge is 2.88. The SMILES string of the molecule is C[C@@H](C(=O)c1ccccc1)N(C(=O)c1ccc([N+](=O)[O-])cc1)N1C(=O)[C@@H]2[C@H](C1=O)[C@@]1(Cl)C(Cl)=C(Cl)[C@@]2(Cl)C1(Cl)Cl. The van der Waals surface area contributed by atoms with Crippen LogP contribution in [0.1, 0.15) is 27.6 Å². The van der Waals surface area contributed by atoms with E-state index in [1.165, 1.54) is 19.1 Å². The molecule has 2 aromatic carbocycles. The van der Waals surface area contributed by atoms with Crippen LogP contribution >= 0.6 is 69.6 Å². The summed E-state index contributed by atoms with van der Waals surface area (Å²) in [5.41, 5.74) is -0.273. The Labute approximate surface area is 256 Å². The molecule has 2 bridgehead atoms. The lowest BCUT2D eigenvalue weighted by atomic mass is 9.84. The highest BCUT2D eigenvalue weighted by molar-refractivity contribution is 6.66. The molecule has 0 aromatic heterocycles. The van der Waals surface area contributed by atoms with Gasteiger partial charge < -0.3 is 0 Å². The number of carbonyl (C=O) groups excluding carboxylic acids is 4. The summed E-state index contributed by atoms with van der Waals surface area (Å²) in [6.45, 7) is 1.32. The van der Waals surface area contributed by atoms with Crippen molar-refractivity contribution in [1.82, 2.24) is 10.0 Å². The third kappa shape index (κ3) is 3.55. The molecule has 2 fully saturated rings. The summed E-state index contributed by atoms with van der Waals surface area (Å²) in [5, 5.41) is 11.6. The van der Waals surface area contributed by atoms with E-state index in [9.17, 15) is 29.3 Å².